The standard InChI is InChI=1S/C16H19N3O/c1-11-15(12(2)20-19-11)9-18-14-7-5-13(6-8-14)16(3,4)10-17/h5-8,18H,9H2,1-4H3. The van der Waals surface area contributed by atoms with Crippen LogP contribution in [0, 0.1) is 25.2 Å². The van der Waals surface area contributed by atoms with Crippen LogP contribution >= 0.6 is 0 Å². The van der Waals surface area contributed by atoms with Crippen molar-refractivity contribution in [2.45, 2.75) is 39.7 Å². The molecule has 1 aromatic carbocycles. The molecule has 0 saturated carbocycles. The van der Waals surface area contributed by atoms with Gasteiger partial charge >= 0.3 is 0 Å². The molecular weight excluding hydrogens is 250 g/mol. The van der Waals surface area contributed by atoms with Crippen LogP contribution in [0.4, 0.5) is 5.69 Å². The molecule has 0 saturated heterocycles. The molecule has 0 unspecified atom stereocenters. The highest BCUT2D eigenvalue weighted by Crippen LogP contribution is 2.24. The van der Waals surface area contributed by atoms with Crippen LogP contribution in [0.15, 0.2) is 28.8 Å². The third-order valence-electron chi connectivity index (χ3n) is 3.54. The second-order valence-electron chi connectivity index (χ2n) is 5.47. The molecule has 4 heteroatoms. The van der Waals surface area contributed by atoms with E-state index in [9.17, 15) is 0 Å². The molecule has 0 aliphatic rings. The monoisotopic (exact) mass is 269 g/mol. The SMILES string of the molecule is Cc1noc(C)c1CNc1ccc(C(C)(C)C#N)cc1. The Hall–Kier alpha value is -2.28. The van der Waals surface area contributed by atoms with E-state index in [0.29, 0.717) is 6.54 Å². The lowest BCUT2D eigenvalue weighted by Gasteiger charge is -2.16. The minimum atomic E-state index is -0.458. The van der Waals surface area contributed by atoms with Crippen molar-refractivity contribution in [2.75, 3.05) is 5.32 Å². The normalized spacial score (nSPS) is 11.2. The Morgan fingerprint density at radius 2 is 1.90 bits per heavy atom. The minimum absolute atomic E-state index is 0.458. The third kappa shape index (κ3) is 2.83. The number of hydrogen-bond donors (Lipinski definition) is 1. The first-order valence-electron chi connectivity index (χ1n) is 6.61. The van der Waals surface area contributed by atoms with Gasteiger partial charge < -0.3 is 9.84 Å². The lowest BCUT2D eigenvalue weighted by Crippen LogP contribution is -2.13. The summed E-state index contributed by atoms with van der Waals surface area (Å²) in [5, 5.41) is 16.4. The molecule has 0 atom stereocenters. The minimum Gasteiger partial charge on any atom is -0.381 e. The van der Waals surface area contributed by atoms with Gasteiger partial charge in [0.25, 0.3) is 0 Å². The van der Waals surface area contributed by atoms with E-state index in [2.05, 4.69) is 16.5 Å². The van der Waals surface area contributed by atoms with E-state index in [1.165, 1.54) is 0 Å². The summed E-state index contributed by atoms with van der Waals surface area (Å²) in [6, 6.07) is 10.3. The highest BCUT2D eigenvalue weighted by Gasteiger charge is 2.19. The van der Waals surface area contributed by atoms with Crippen molar-refractivity contribution in [3.8, 4) is 6.07 Å². The van der Waals surface area contributed by atoms with Crippen molar-refractivity contribution in [3.63, 3.8) is 0 Å². The van der Waals surface area contributed by atoms with E-state index in [1.807, 2.05) is 52.0 Å². The summed E-state index contributed by atoms with van der Waals surface area (Å²) >= 11 is 0. The van der Waals surface area contributed by atoms with Gasteiger partial charge in [0.2, 0.25) is 0 Å². The Bertz CT molecular complexity index is 613. The first-order chi connectivity index (χ1) is 9.44. The molecule has 0 radical (unpaired) electrons. The maximum absolute atomic E-state index is 9.12. The van der Waals surface area contributed by atoms with Gasteiger partial charge in [-0.25, -0.2) is 0 Å². The number of aryl methyl sites for hydroxylation is 2. The fraction of sp³-hybridized carbons (Fsp3) is 0.375. The predicted octanol–water partition coefficient (Wildman–Crippen LogP) is 3.70. The van der Waals surface area contributed by atoms with E-state index in [0.717, 1.165) is 28.3 Å². The largest absolute Gasteiger partial charge is 0.381 e. The van der Waals surface area contributed by atoms with Crippen LogP contribution in [0.25, 0.3) is 0 Å². The average molecular weight is 269 g/mol. The van der Waals surface area contributed by atoms with Crippen LogP contribution in [0.3, 0.4) is 0 Å². The number of rotatable bonds is 4. The van der Waals surface area contributed by atoms with Crippen molar-refractivity contribution < 1.29 is 4.52 Å². The van der Waals surface area contributed by atoms with Crippen LogP contribution in [-0.4, -0.2) is 5.16 Å². The number of anilines is 1. The summed E-state index contributed by atoms with van der Waals surface area (Å²) < 4.78 is 5.14. The molecule has 0 amide bonds. The summed E-state index contributed by atoms with van der Waals surface area (Å²) in [6.45, 7) is 8.36. The molecule has 0 aliphatic heterocycles. The first kappa shape index (κ1) is 14.1. The molecular formula is C16H19N3O. The smallest absolute Gasteiger partial charge is 0.138 e. The number of nitrogens with zero attached hydrogens (tertiary/aromatic N) is 2. The van der Waals surface area contributed by atoms with E-state index in [4.69, 9.17) is 9.78 Å². The molecule has 1 aromatic heterocycles. The van der Waals surface area contributed by atoms with Gasteiger partial charge in [-0.05, 0) is 45.4 Å². The molecule has 0 fully saturated rings. The van der Waals surface area contributed by atoms with Gasteiger partial charge in [-0.1, -0.05) is 17.3 Å². The summed E-state index contributed by atoms with van der Waals surface area (Å²) in [5.74, 6) is 0.845. The van der Waals surface area contributed by atoms with Crippen molar-refractivity contribution in [1.29, 1.82) is 5.26 Å². The van der Waals surface area contributed by atoms with E-state index in [1.54, 1.807) is 0 Å². The lowest BCUT2D eigenvalue weighted by molar-refractivity contribution is 0.392. The Balaban J connectivity index is 2.07. The lowest BCUT2D eigenvalue weighted by atomic mass is 9.86. The fourth-order valence-electron chi connectivity index (χ4n) is 2.01. The highest BCUT2D eigenvalue weighted by molar-refractivity contribution is 5.47. The van der Waals surface area contributed by atoms with Crippen molar-refractivity contribution in [2.24, 2.45) is 0 Å². The van der Waals surface area contributed by atoms with E-state index in [-0.39, 0.29) is 0 Å². The number of hydrogen-bond acceptors (Lipinski definition) is 4. The molecule has 20 heavy (non-hydrogen) atoms. The number of benzene rings is 1. The van der Waals surface area contributed by atoms with Gasteiger partial charge in [0.05, 0.1) is 17.2 Å². The number of nitrogens with one attached hydrogen (secondary N) is 1. The van der Waals surface area contributed by atoms with Gasteiger partial charge in [0, 0.05) is 17.8 Å². The fourth-order valence-corrected chi connectivity index (χ4v) is 2.01. The second-order valence-corrected chi connectivity index (χ2v) is 5.47. The first-order valence-corrected chi connectivity index (χ1v) is 6.61. The number of aromatic nitrogens is 1. The zero-order valence-corrected chi connectivity index (χ0v) is 12.3. The molecule has 104 valence electrons. The second kappa shape index (κ2) is 5.38. The third-order valence-corrected chi connectivity index (χ3v) is 3.54. The van der Waals surface area contributed by atoms with E-state index < -0.39 is 5.41 Å². The summed E-state index contributed by atoms with van der Waals surface area (Å²) in [5.41, 5.74) is 3.58. The van der Waals surface area contributed by atoms with Crippen molar-refractivity contribution in [3.05, 3.63) is 46.8 Å². The molecule has 0 bridgehead atoms. The summed E-state index contributed by atoms with van der Waals surface area (Å²) in [6.07, 6.45) is 0. The van der Waals surface area contributed by atoms with Gasteiger partial charge in [-0.15, -0.1) is 0 Å². The van der Waals surface area contributed by atoms with Gasteiger partial charge in [-0.3, -0.25) is 0 Å². The van der Waals surface area contributed by atoms with Gasteiger partial charge in [0.1, 0.15) is 5.76 Å². The molecule has 4 nitrogen and oxygen atoms in total. The van der Waals surface area contributed by atoms with Crippen LogP contribution in [0.5, 0.6) is 0 Å². The van der Waals surface area contributed by atoms with E-state index >= 15 is 0 Å². The average Bonchev–Trinajstić information content (AvgIpc) is 2.76. The summed E-state index contributed by atoms with van der Waals surface area (Å²) in [7, 11) is 0. The molecule has 2 aromatic rings. The highest BCUT2D eigenvalue weighted by atomic mass is 16.5. The Morgan fingerprint density at radius 3 is 2.40 bits per heavy atom. The quantitative estimate of drug-likeness (QED) is 0.919. The zero-order valence-electron chi connectivity index (χ0n) is 12.3. The Morgan fingerprint density at radius 1 is 1.25 bits per heavy atom. The molecule has 0 aliphatic carbocycles. The summed E-state index contributed by atoms with van der Waals surface area (Å²) in [4.78, 5) is 0. The molecule has 2 rings (SSSR count). The number of nitriles is 1. The maximum Gasteiger partial charge on any atom is 0.138 e. The van der Waals surface area contributed by atoms with Crippen LogP contribution in [-0.2, 0) is 12.0 Å². The van der Waals surface area contributed by atoms with Crippen LogP contribution in [0.2, 0.25) is 0 Å². The van der Waals surface area contributed by atoms with Gasteiger partial charge in [-0.2, -0.15) is 5.26 Å². The van der Waals surface area contributed by atoms with Gasteiger partial charge in [0.15, 0.2) is 0 Å². The molecule has 1 N–H and O–H groups in total. The van der Waals surface area contributed by atoms with Crippen molar-refractivity contribution >= 4 is 5.69 Å². The Kier molecular flexibility index (Phi) is 3.80. The molecule has 1 heterocycles. The maximum atomic E-state index is 9.12. The topological polar surface area (TPSA) is 61.9 Å². The van der Waals surface area contributed by atoms with Crippen molar-refractivity contribution in [1.82, 2.24) is 5.16 Å². The Labute approximate surface area is 119 Å². The predicted molar refractivity (Wildman–Crippen MR) is 78.4 cm³/mol. The van der Waals surface area contributed by atoms with Crippen LogP contribution < -0.4 is 5.32 Å². The molecule has 0 spiro atoms. The van der Waals surface area contributed by atoms with Crippen LogP contribution in [0.1, 0.15) is 36.4 Å². The zero-order chi connectivity index (χ0) is 14.8.